The van der Waals surface area contributed by atoms with Crippen molar-refractivity contribution in [2.75, 3.05) is 9.80 Å². The van der Waals surface area contributed by atoms with Crippen molar-refractivity contribution in [2.24, 2.45) is 0 Å². The minimum Gasteiger partial charge on any atom is -0.453 e. The van der Waals surface area contributed by atoms with Crippen molar-refractivity contribution in [1.29, 1.82) is 0 Å². The highest BCUT2D eigenvalue weighted by molar-refractivity contribution is 7.19. The third-order valence-electron chi connectivity index (χ3n) is 26.4. The lowest BCUT2D eigenvalue weighted by atomic mass is 9.66. The van der Waals surface area contributed by atoms with Crippen LogP contribution in [0.4, 0.5) is 34.1 Å². The van der Waals surface area contributed by atoms with Crippen LogP contribution in [-0.2, 0) is 10.8 Å². The SMILES string of the molecule is c1ccc(-c2ccc(N(c3cccc4c3-c3ccccc3C4(c3ccccc3)c3ccccc3)c3cc(-c4cccc(N(c5ccc(-c6ccc([Si](c7ccccc7)(c7ccccc7)c7ccccc7)cc6)cc5)c5ccc6c(c5)C(c5ccccc5)(c5cccc7ccccc57)c5ccccc5-6)c4)cc4c3oc3c(-c5ccccc5)cccc34)cc2)cc1. The topological polar surface area (TPSA) is 19.6 Å². The maximum atomic E-state index is 7.76. The van der Waals surface area contributed by atoms with Gasteiger partial charge in [-0.3, -0.25) is 0 Å². The molecule has 20 aromatic carbocycles. The predicted octanol–water partition coefficient (Wildman–Crippen LogP) is 28.5. The molecule has 0 radical (unpaired) electrons. The Bertz CT molecular complexity index is 7410. The molecule has 0 fully saturated rings. The van der Waals surface area contributed by atoms with Gasteiger partial charge in [-0.1, -0.05) is 431 Å². The summed E-state index contributed by atoms with van der Waals surface area (Å²) in [6, 6.07) is 185. The van der Waals surface area contributed by atoms with Crippen molar-refractivity contribution in [3.05, 3.63) is 542 Å². The summed E-state index contributed by atoms with van der Waals surface area (Å²) in [6.45, 7) is 0. The zero-order valence-corrected chi connectivity index (χ0v) is 69.1. The van der Waals surface area contributed by atoms with Gasteiger partial charge in [-0.25, -0.2) is 0 Å². The zero-order chi connectivity index (χ0) is 82.1. The Morgan fingerprint density at radius 3 is 1.21 bits per heavy atom. The van der Waals surface area contributed by atoms with Crippen LogP contribution in [0.5, 0.6) is 0 Å². The highest BCUT2D eigenvalue weighted by atomic mass is 28.3. The first-order valence-corrected chi connectivity index (χ1v) is 44.9. The molecule has 23 rings (SSSR count). The van der Waals surface area contributed by atoms with E-state index in [4.69, 9.17) is 4.42 Å². The number of anilines is 6. The van der Waals surface area contributed by atoms with Gasteiger partial charge in [0.15, 0.2) is 13.7 Å². The summed E-state index contributed by atoms with van der Waals surface area (Å²) in [5.74, 6) is 0. The van der Waals surface area contributed by atoms with Crippen LogP contribution < -0.4 is 30.5 Å². The fraction of sp³-hybridized carbons (Fsp3) is 0.0167. The van der Waals surface area contributed by atoms with E-state index in [2.05, 4.69) is 507 Å². The van der Waals surface area contributed by atoms with Crippen LogP contribution in [0.1, 0.15) is 44.5 Å². The average molecular weight is 1600 g/mol. The minimum atomic E-state index is -2.79. The van der Waals surface area contributed by atoms with E-state index in [9.17, 15) is 0 Å². The Hall–Kier alpha value is -15.7. The first-order chi connectivity index (χ1) is 61.5. The van der Waals surface area contributed by atoms with Crippen molar-refractivity contribution in [1.82, 2.24) is 0 Å². The van der Waals surface area contributed by atoms with Gasteiger partial charge in [0, 0.05) is 44.6 Å². The number of fused-ring (bicyclic) bond motifs is 10. The zero-order valence-electron chi connectivity index (χ0n) is 68.1. The maximum absolute atomic E-state index is 7.76. The van der Waals surface area contributed by atoms with Crippen LogP contribution in [0.2, 0.25) is 0 Å². The van der Waals surface area contributed by atoms with Crippen LogP contribution in [-0.4, -0.2) is 8.07 Å². The molecule has 3 nitrogen and oxygen atoms in total. The smallest absolute Gasteiger partial charge is 0.179 e. The van der Waals surface area contributed by atoms with E-state index in [0.717, 1.165) is 106 Å². The molecule has 0 N–H and O–H groups in total. The van der Waals surface area contributed by atoms with Gasteiger partial charge in [-0.2, -0.15) is 0 Å². The van der Waals surface area contributed by atoms with E-state index in [-0.39, 0.29) is 0 Å². The Balaban J connectivity index is 0.748. The normalized spacial score (nSPS) is 13.6. The van der Waals surface area contributed by atoms with Crippen molar-refractivity contribution in [3.63, 3.8) is 0 Å². The van der Waals surface area contributed by atoms with E-state index in [0.29, 0.717) is 0 Å². The Morgan fingerprint density at radius 2 is 0.597 bits per heavy atom. The molecule has 21 aromatic rings. The highest BCUT2D eigenvalue weighted by Gasteiger charge is 2.50. The lowest BCUT2D eigenvalue weighted by molar-refractivity contribution is 0.670. The third-order valence-corrected chi connectivity index (χ3v) is 31.2. The van der Waals surface area contributed by atoms with Crippen LogP contribution in [0.25, 0.3) is 99.5 Å². The average Bonchev–Trinajstić information content (AvgIpc) is 1.55. The standard InChI is InChI=1S/C120H82N2OSi/c1-9-35-83(36-10-1)84-67-73-95(74-68-84)122(114-64-34-63-112-116(114)107-57-28-30-61-111(107)119(112,91-42-13-3-14-43-91)92-44-15-4-16-45-92)115-81-90(80-108-106-59-33-58-103(117(106)123-118(108)115)88-37-11-2-12-38-88)89-41-31-48-96(79-89)121(97-75-78-105-104-56-27-29-60-110(104)120(113(105)82-97,93-46-17-5-18-47-93)109-62-32-40-87-39-25-26-55-102(87)109)94-71-65-85(66-72-94)86-69-76-101(77-70-86)124(98-49-19-6-20-50-98,99-51-21-7-22-52-99)100-53-23-8-24-54-100/h1-82H. The van der Waals surface area contributed by atoms with Crippen molar-refractivity contribution in [2.45, 2.75) is 10.8 Å². The van der Waals surface area contributed by atoms with Gasteiger partial charge in [0.25, 0.3) is 0 Å². The summed E-state index contributed by atoms with van der Waals surface area (Å²) in [4.78, 5) is 5.00. The molecular formula is C120H82N2OSi. The van der Waals surface area contributed by atoms with E-state index >= 15 is 0 Å². The predicted molar refractivity (Wildman–Crippen MR) is 521 cm³/mol. The molecule has 0 bridgehead atoms. The third kappa shape index (κ3) is 11.8. The van der Waals surface area contributed by atoms with Crippen LogP contribution in [0.3, 0.4) is 0 Å². The Morgan fingerprint density at radius 1 is 0.194 bits per heavy atom. The molecule has 0 saturated heterocycles. The number of hydrogen-bond acceptors (Lipinski definition) is 3. The fourth-order valence-electron chi connectivity index (χ4n) is 21.0. The second kappa shape index (κ2) is 30.5. The van der Waals surface area contributed by atoms with Crippen molar-refractivity contribution >= 4 is 95.7 Å². The summed E-state index contributed by atoms with van der Waals surface area (Å²) in [5.41, 5.74) is 29.5. The summed E-state index contributed by atoms with van der Waals surface area (Å²) < 4.78 is 7.76. The van der Waals surface area contributed by atoms with E-state index in [1.165, 1.54) is 92.7 Å². The molecule has 1 aromatic heterocycles. The van der Waals surface area contributed by atoms with Gasteiger partial charge in [-0.05, 0) is 198 Å². The lowest BCUT2D eigenvalue weighted by Gasteiger charge is -2.36. The minimum absolute atomic E-state index is 0.669. The number of hydrogen-bond donors (Lipinski definition) is 0. The van der Waals surface area contributed by atoms with Crippen molar-refractivity contribution in [3.8, 4) is 66.8 Å². The number of nitrogens with zero attached hydrogens (tertiary/aromatic N) is 2. The maximum Gasteiger partial charge on any atom is 0.179 e. The quantitative estimate of drug-likeness (QED) is 0.0631. The lowest BCUT2D eigenvalue weighted by Crippen LogP contribution is -2.74. The molecule has 582 valence electrons. The van der Waals surface area contributed by atoms with Gasteiger partial charge in [0.05, 0.1) is 22.2 Å². The summed E-state index contributed by atoms with van der Waals surface area (Å²) in [7, 11) is -2.79. The first-order valence-electron chi connectivity index (χ1n) is 42.9. The fourth-order valence-corrected chi connectivity index (χ4v) is 25.8. The van der Waals surface area contributed by atoms with E-state index < -0.39 is 18.9 Å². The first kappa shape index (κ1) is 73.4. The van der Waals surface area contributed by atoms with Gasteiger partial charge in [0.1, 0.15) is 5.58 Å². The molecule has 0 spiro atoms. The molecular weight excluding hydrogens is 1510 g/mol. The molecule has 1 atom stereocenters. The molecule has 4 heteroatoms. The van der Waals surface area contributed by atoms with Crippen LogP contribution in [0, 0.1) is 0 Å². The van der Waals surface area contributed by atoms with Crippen molar-refractivity contribution < 1.29 is 4.42 Å². The number of benzene rings is 20. The monoisotopic (exact) mass is 1590 g/mol. The highest BCUT2D eigenvalue weighted by Crippen LogP contribution is 2.62. The van der Waals surface area contributed by atoms with Gasteiger partial charge in [-0.15, -0.1) is 0 Å². The van der Waals surface area contributed by atoms with Crippen LogP contribution >= 0.6 is 0 Å². The van der Waals surface area contributed by atoms with Crippen LogP contribution in [0.15, 0.2) is 502 Å². The molecule has 0 saturated carbocycles. The molecule has 1 unspecified atom stereocenters. The summed E-state index contributed by atoms with van der Waals surface area (Å²) >= 11 is 0. The Labute approximate surface area is 724 Å². The molecule has 2 aliphatic carbocycles. The number of rotatable bonds is 18. The number of para-hydroxylation sites is 1. The van der Waals surface area contributed by atoms with Gasteiger partial charge >= 0.3 is 0 Å². The summed E-state index contributed by atoms with van der Waals surface area (Å²) in [5, 5.41) is 9.82. The second-order valence-corrected chi connectivity index (χ2v) is 36.6. The van der Waals surface area contributed by atoms with Gasteiger partial charge in [0.2, 0.25) is 0 Å². The molecule has 0 amide bonds. The molecule has 124 heavy (non-hydrogen) atoms. The number of furan rings is 1. The Kier molecular flexibility index (Phi) is 18.1. The van der Waals surface area contributed by atoms with Gasteiger partial charge < -0.3 is 14.2 Å². The second-order valence-electron chi connectivity index (χ2n) is 32.8. The summed E-state index contributed by atoms with van der Waals surface area (Å²) in [6.07, 6.45) is 0. The molecule has 1 heterocycles. The molecule has 0 aliphatic heterocycles. The van der Waals surface area contributed by atoms with E-state index in [1.807, 2.05) is 0 Å². The largest absolute Gasteiger partial charge is 0.453 e. The molecule has 2 aliphatic rings. The van der Waals surface area contributed by atoms with E-state index in [1.54, 1.807) is 0 Å².